The van der Waals surface area contributed by atoms with Crippen LogP contribution in [-0.2, 0) is 0 Å². The number of rotatable bonds is 3. The summed E-state index contributed by atoms with van der Waals surface area (Å²) >= 11 is 11.3. The van der Waals surface area contributed by atoms with Gasteiger partial charge in [-0.25, -0.2) is 14.4 Å². The summed E-state index contributed by atoms with van der Waals surface area (Å²) in [4.78, 5) is 21.6. The minimum atomic E-state index is -0.810. The zero-order valence-electron chi connectivity index (χ0n) is 11.2. The number of nitrogens with zero attached hydrogens (tertiary/aromatic N) is 3. The van der Waals surface area contributed by atoms with Crippen LogP contribution in [0.4, 0.5) is 15.9 Å². The van der Waals surface area contributed by atoms with E-state index in [2.05, 4.69) is 15.3 Å². The Labute approximate surface area is 130 Å². The van der Waals surface area contributed by atoms with E-state index in [-0.39, 0.29) is 15.9 Å². The maximum atomic E-state index is 13.4. The molecule has 0 spiro atoms. The molecule has 0 saturated carbocycles. The molecule has 0 unspecified atom stereocenters. The van der Waals surface area contributed by atoms with Gasteiger partial charge in [0.25, 0.3) is 5.91 Å². The summed E-state index contributed by atoms with van der Waals surface area (Å²) in [6, 6.07) is 4.23. The van der Waals surface area contributed by atoms with Crippen molar-refractivity contribution in [3.8, 4) is 0 Å². The molecular weight excluding hydrogens is 318 g/mol. The second-order valence-corrected chi connectivity index (χ2v) is 5.07. The molecule has 5 nitrogen and oxygen atoms in total. The molecule has 110 valence electrons. The van der Waals surface area contributed by atoms with Crippen LogP contribution < -0.4 is 10.2 Å². The number of carbonyl (C=O) groups excluding carboxylic acids is 1. The smallest absolute Gasteiger partial charge is 0.258 e. The molecule has 0 aliphatic heterocycles. The standard InChI is InChI=1S/C13H11Cl2FN4O/c1-20(2)10-5-7(3-4-17-10)18-13(21)8-6-9(16)12(15)19-11(8)14/h3-6H,1-2H3,(H,17,18,21). The second-order valence-electron chi connectivity index (χ2n) is 4.35. The van der Waals surface area contributed by atoms with Gasteiger partial charge in [0.05, 0.1) is 5.56 Å². The number of hydrogen-bond donors (Lipinski definition) is 1. The first-order valence-corrected chi connectivity index (χ1v) is 6.60. The summed E-state index contributed by atoms with van der Waals surface area (Å²) in [5.74, 6) is -0.729. The molecule has 1 N–H and O–H groups in total. The van der Waals surface area contributed by atoms with Crippen LogP contribution in [0.2, 0.25) is 10.3 Å². The average molecular weight is 329 g/mol. The number of pyridine rings is 2. The van der Waals surface area contributed by atoms with Crippen molar-refractivity contribution < 1.29 is 9.18 Å². The molecule has 8 heteroatoms. The molecule has 2 heterocycles. The van der Waals surface area contributed by atoms with Crippen LogP contribution in [0.5, 0.6) is 0 Å². The van der Waals surface area contributed by atoms with Gasteiger partial charge in [0.1, 0.15) is 11.0 Å². The lowest BCUT2D eigenvalue weighted by Crippen LogP contribution is -2.15. The Bertz CT molecular complexity index is 694. The molecule has 21 heavy (non-hydrogen) atoms. The number of amides is 1. The van der Waals surface area contributed by atoms with E-state index in [9.17, 15) is 9.18 Å². The maximum Gasteiger partial charge on any atom is 0.258 e. The maximum absolute atomic E-state index is 13.4. The van der Waals surface area contributed by atoms with Gasteiger partial charge in [0.15, 0.2) is 11.0 Å². The first-order chi connectivity index (χ1) is 9.88. The van der Waals surface area contributed by atoms with Crippen LogP contribution in [0.25, 0.3) is 0 Å². The SMILES string of the molecule is CN(C)c1cc(NC(=O)c2cc(F)c(Cl)nc2Cl)ccn1. The van der Waals surface area contributed by atoms with Gasteiger partial charge in [0, 0.05) is 32.0 Å². The van der Waals surface area contributed by atoms with Crippen LogP contribution >= 0.6 is 23.2 Å². The van der Waals surface area contributed by atoms with Crippen molar-refractivity contribution in [2.75, 3.05) is 24.3 Å². The highest BCUT2D eigenvalue weighted by Crippen LogP contribution is 2.22. The molecule has 0 aromatic carbocycles. The summed E-state index contributed by atoms with van der Waals surface area (Å²) in [6.07, 6.45) is 1.55. The van der Waals surface area contributed by atoms with Gasteiger partial charge in [-0.1, -0.05) is 23.2 Å². The van der Waals surface area contributed by atoms with E-state index >= 15 is 0 Å². The summed E-state index contributed by atoms with van der Waals surface area (Å²) in [6.45, 7) is 0. The summed E-state index contributed by atoms with van der Waals surface area (Å²) in [7, 11) is 3.65. The van der Waals surface area contributed by atoms with Crippen LogP contribution in [0.15, 0.2) is 24.4 Å². The third kappa shape index (κ3) is 3.59. The molecule has 2 aromatic heterocycles. The molecule has 0 fully saturated rings. The zero-order chi connectivity index (χ0) is 15.6. The Morgan fingerprint density at radius 2 is 2.00 bits per heavy atom. The molecule has 0 atom stereocenters. The number of aromatic nitrogens is 2. The Hall–Kier alpha value is -1.92. The lowest BCUT2D eigenvalue weighted by Gasteiger charge is -2.13. The predicted octanol–water partition coefficient (Wildman–Crippen LogP) is 3.24. The molecule has 2 aromatic rings. The van der Waals surface area contributed by atoms with Crippen molar-refractivity contribution in [1.82, 2.24) is 9.97 Å². The van der Waals surface area contributed by atoms with Crippen LogP contribution in [0.3, 0.4) is 0 Å². The summed E-state index contributed by atoms with van der Waals surface area (Å²) < 4.78 is 13.4. The van der Waals surface area contributed by atoms with Crippen LogP contribution in [-0.4, -0.2) is 30.0 Å². The molecule has 0 aliphatic carbocycles. The topological polar surface area (TPSA) is 58.1 Å². The van der Waals surface area contributed by atoms with Crippen molar-refractivity contribution in [2.24, 2.45) is 0 Å². The molecule has 0 saturated heterocycles. The zero-order valence-corrected chi connectivity index (χ0v) is 12.7. The van der Waals surface area contributed by atoms with E-state index in [4.69, 9.17) is 23.2 Å². The van der Waals surface area contributed by atoms with Crippen molar-refractivity contribution in [3.05, 3.63) is 46.1 Å². The van der Waals surface area contributed by atoms with E-state index in [0.717, 1.165) is 6.07 Å². The van der Waals surface area contributed by atoms with Crippen molar-refractivity contribution >= 4 is 40.6 Å². The first kappa shape index (κ1) is 15.5. The third-order valence-corrected chi connectivity index (χ3v) is 3.15. The summed E-state index contributed by atoms with van der Waals surface area (Å²) in [5, 5.41) is 2.06. The lowest BCUT2D eigenvalue weighted by atomic mass is 10.2. The van der Waals surface area contributed by atoms with E-state index in [1.54, 1.807) is 23.2 Å². The van der Waals surface area contributed by atoms with Gasteiger partial charge in [0.2, 0.25) is 0 Å². The Morgan fingerprint density at radius 3 is 2.67 bits per heavy atom. The highest BCUT2D eigenvalue weighted by Gasteiger charge is 2.16. The fourth-order valence-electron chi connectivity index (χ4n) is 1.54. The van der Waals surface area contributed by atoms with E-state index < -0.39 is 11.7 Å². The lowest BCUT2D eigenvalue weighted by molar-refractivity contribution is 0.102. The van der Waals surface area contributed by atoms with Gasteiger partial charge >= 0.3 is 0 Å². The van der Waals surface area contributed by atoms with E-state index in [0.29, 0.717) is 11.5 Å². The number of carbonyl (C=O) groups is 1. The van der Waals surface area contributed by atoms with Gasteiger partial charge in [-0.15, -0.1) is 0 Å². The minimum Gasteiger partial charge on any atom is -0.363 e. The van der Waals surface area contributed by atoms with Crippen LogP contribution in [0.1, 0.15) is 10.4 Å². The number of anilines is 2. The normalized spacial score (nSPS) is 10.3. The Morgan fingerprint density at radius 1 is 1.29 bits per heavy atom. The monoisotopic (exact) mass is 328 g/mol. The molecule has 0 aliphatic rings. The van der Waals surface area contributed by atoms with Gasteiger partial charge in [-0.2, -0.15) is 0 Å². The Kier molecular flexibility index (Phi) is 4.59. The van der Waals surface area contributed by atoms with E-state index in [1.165, 1.54) is 0 Å². The molecule has 1 amide bonds. The third-order valence-electron chi connectivity index (χ3n) is 2.59. The minimum absolute atomic E-state index is 0.0956. The van der Waals surface area contributed by atoms with Gasteiger partial charge < -0.3 is 10.2 Å². The molecule has 2 rings (SSSR count). The fraction of sp³-hybridized carbons (Fsp3) is 0.154. The largest absolute Gasteiger partial charge is 0.363 e. The van der Waals surface area contributed by atoms with Crippen LogP contribution in [0, 0.1) is 5.82 Å². The van der Waals surface area contributed by atoms with Gasteiger partial charge in [-0.3, -0.25) is 4.79 Å². The number of nitrogens with one attached hydrogen (secondary N) is 1. The predicted molar refractivity (Wildman–Crippen MR) is 80.7 cm³/mol. The average Bonchev–Trinajstić information content (AvgIpc) is 2.43. The highest BCUT2D eigenvalue weighted by molar-refractivity contribution is 6.35. The molecule has 0 radical (unpaired) electrons. The van der Waals surface area contributed by atoms with Gasteiger partial charge in [-0.05, 0) is 12.1 Å². The second kappa shape index (κ2) is 6.24. The fourth-order valence-corrected chi connectivity index (χ4v) is 1.95. The van der Waals surface area contributed by atoms with E-state index in [1.807, 2.05) is 14.1 Å². The first-order valence-electron chi connectivity index (χ1n) is 5.84. The molecule has 0 bridgehead atoms. The van der Waals surface area contributed by atoms with Crippen molar-refractivity contribution in [1.29, 1.82) is 0 Å². The van der Waals surface area contributed by atoms with Crippen molar-refractivity contribution in [2.45, 2.75) is 0 Å². The quantitative estimate of drug-likeness (QED) is 0.879. The summed E-state index contributed by atoms with van der Waals surface area (Å²) in [5.41, 5.74) is 0.409. The Balaban J connectivity index is 2.26. The van der Waals surface area contributed by atoms with Crippen molar-refractivity contribution in [3.63, 3.8) is 0 Å². The molecular formula is C13H11Cl2FN4O. The number of halogens is 3. The number of hydrogen-bond acceptors (Lipinski definition) is 4. The highest BCUT2D eigenvalue weighted by atomic mass is 35.5.